The summed E-state index contributed by atoms with van der Waals surface area (Å²) in [5.74, 6) is -0.887. The van der Waals surface area contributed by atoms with E-state index in [1.165, 1.54) is 17.8 Å². The molecule has 2 aromatic carbocycles. The number of esters is 1. The molecule has 2 rings (SSSR count). The van der Waals surface area contributed by atoms with Crippen LogP contribution in [0.3, 0.4) is 0 Å². The van der Waals surface area contributed by atoms with Crippen LogP contribution in [0.1, 0.15) is 23.7 Å². The number of hydrogen-bond acceptors (Lipinski definition) is 5. The quantitative estimate of drug-likeness (QED) is 0.371. The van der Waals surface area contributed by atoms with E-state index in [1.54, 1.807) is 43.3 Å². The van der Waals surface area contributed by atoms with E-state index < -0.39 is 5.97 Å². The lowest BCUT2D eigenvalue weighted by atomic mass is 10.2. The van der Waals surface area contributed by atoms with Crippen LogP contribution in [0.5, 0.6) is 0 Å². The maximum Gasteiger partial charge on any atom is 0.313 e. The molecule has 142 valence electrons. The van der Waals surface area contributed by atoms with Crippen molar-refractivity contribution in [3.8, 4) is 0 Å². The van der Waals surface area contributed by atoms with Crippen LogP contribution in [0, 0.1) is 0 Å². The maximum absolute atomic E-state index is 12.3. The molecule has 0 atom stereocenters. The van der Waals surface area contributed by atoms with Gasteiger partial charge in [0, 0.05) is 15.6 Å². The van der Waals surface area contributed by atoms with Crippen molar-refractivity contribution in [3.05, 3.63) is 58.1 Å². The number of anilines is 1. The van der Waals surface area contributed by atoms with E-state index >= 15 is 0 Å². The highest BCUT2D eigenvalue weighted by Gasteiger charge is 2.12. The highest BCUT2D eigenvalue weighted by molar-refractivity contribution is 8.00. The summed E-state index contributed by atoms with van der Waals surface area (Å²) in [5.41, 5.74) is 0.914. The number of nitrogens with one attached hydrogen (secondary N) is 1. The number of carbonyl (C=O) groups is 3. The predicted octanol–water partition coefficient (Wildman–Crippen LogP) is 4.86. The van der Waals surface area contributed by atoms with E-state index in [-0.39, 0.29) is 35.5 Å². The summed E-state index contributed by atoms with van der Waals surface area (Å²) in [7, 11) is 0. The number of Topliss-reactive ketones (excluding diaryl/α,β-unsaturated/α-hetero) is 1. The summed E-state index contributed by atoms with van der Waals surface area (Å²) in [6, 6.07) is 11.7. The highest BCUT2D eigenvalue weighted by Crippen LogP contribution is 2.24. The smallest absolute Gasteiger partial charge is 0.313 e. The summed E-state index contributed by atoms with van der Waals surface area (Å²) in [6.07, 6.45) is -0.225. The van der Waals surface area contributed by atoms with Crippen molar-refractivity contribution in [1.82, 2.24) is 0 Å². The monoisotopic (exact) mass is 425 g/mol. The Morgan fingerprint density at radius 3 is 2.41 bits per heavy atom. The van der Waals surface area contributed by atoms with Gasteiger partial charge < -0.3 is 10.1 Å². The predicted molar refractivity (Wildman–Crippen MR) is 108 cm³/mol. The maximum atomic E-state index is 12.3. The van der Waals surface area contributed by atoms with Gasteiger partial charge in [0.25, 0.3) is 5.91 Å². The van der Waals surface area contributed by atoms with Crippen LogP contribution < -0.4 is 5.32 Å². The van der Waals surface area contributed by atoms with Crippen molar-refractivity contribution in [2.24, 2.45) is 0 Å². The number of amides is 1. The summed E-state index contributed by atoms with van der Waals surface area (Å²) in [5, 5.41) is 3.47. The molecule has 0 saturated heterocycles. The molecule has 5 nitrogen and oxygen atoms in total. The molecule has 0 aliphatic rings. The van der Waals surface area contributed by atoms with E-state index in [0.29, 0.717) is 16.3 Å². The zero-order valence-electron chi connectivity index (χ0n) is 14.5. The van der Waals surface area contributed by atoms with Crippen molar-refractivity contribution in [1.29, 1.82) is 0 Å². The van der Waals surface area contributed by atoms with Gasteiger partial charge in [-0.05, 0) is 49.4 Å². The topological polar surface area (TPSA) is 72.5 Å². The van der Waals surface area contributed by atoms with Crippen LogP contribution in [0.15, 0.2) is 47.4 Å². The van der Waals surface area contributed by atoms with Gasteiger partial charge >= 0.3 is 5.97 Å². The second-order valence-electron chi connectivity index (χ2n) is 5.41. The number of hydrogen-bond donors (Lipinski definition) is 1. The Balaban J connectivity index is 1.88. The third-order valence-electron chi connectivity index (χ3n) is 3.33. The Morgan fingerprint density at radius 1 is 1.07 bits per heavy atom. The molecule has 1 N–H and O–H groups in total. The Labute approximate surface area is 171 Å². The van der Waals surface area contributed by atoms with Gasteiger partial charge in [-0.15, -0.1) is 11.8 Å². The zero-order valence-corrected chi connectivity index (χ0v) is 16.8. The first-order valence-electron chi connectivity index (χ1n) is 8.05. The largest absolute Gasteiger partial charge is 0.466 e. The summed E-state index contributed by atoms with van der Waals surface area (Å²) in [6.45, 7) is 1.95. The molecule has 8 heteroatoms. The third-order valence-corrected chi connectivity index (χ3v) is 4.95. The number of ether oxygens (including phenoxy) is 1. The van der Waals surface area contributed by atoms with Crippen LogP contribution in [0.25, 0.3) is 0 Å². The minimum absolute atomic E-state index is 0.172. The van der Waals surface area contributed by atoms with Gasteiger partial charge in [0.15, 0.2) is 5.78 Å². The fourth-order valence-electron chi connectivity index (χ4n) is 2.09. The van der Waals surface area contributed by atoms with Crippen molar-refractivity contribution >= 4 is 58.3 Å². The standard InChI is InChI=1S/C19H17Cl2NO4S/c1-2-26-18(24)10-14(23)11-27-15-6-4-13(5-7-15)22-19(25)16-8-3-12(20)9-17(16)21/h3-9H,2,10-11H2,1H3,(H,22,25). The average Bonchev–Trinajstić information content (AvgIpc) is 2.61. The molecule has 0 aliphatic heterocycles. The second kappa shape index (κ2) is 10.3. The van der Waals surface area contributed by atoms with Gasteiger partial charge in [-0.2, -0.15) is 0 Å². The first-order chi connectivity index (χ1) is 12.9. The first-order valence-corrected chi connectivity index (χ1v) is 9.79. The minimum Gasteiger partial charge on any atom is -0.466 e. The molecule has 0 radical (unpaired) electrons. The van der Waals surface area contributed by atoms with E-state index in [2.05, 4.69) is 5.32 Å². The number of carbonyl (C=O) groups excluding carboxylic acids is 3. The van der Waals surface area contributed by atoms with Gasteiger partial charge in [0.05, 0.1) is 22.9 Å². The van der Waals surface area contributed by atoms with Crippen molar-refractivity contribution in [2.75, 3.05) is 17.7 Å². The Kier molecular flexibility index (Phi) is 8.16. The second-order valence-corrected chi connectivity index (χ2v) is 7.30. The lowest BCUT2D eigenvalue weighted by Crippen LogP contribution is -2.13. The molecule has 2 aromatic rings. The Bertz CT molecular complexity index is 840. The molecule has 27 heavy (non-hydrogen) atoms. The summed E-state index contributed by atoms with van der Waals surface area (Å²) < 4.78 is 4.74. The fraction of sp³-hybridized carbons (Fsp3) is 0.211. The molecule has 0 heterocycles. The lowest BCUT2D eigenvalue weighted by molar-refractivity contribution is -0.145. The zero-order chi connectivity index (χ0) is 19.8. The molecule has 0 fully saturated rings. The van der Waals surface area contributed by atoms with Crippen LogP contribution >= 0.6 is 35.0 Å². The Morgan fingerprint density at radius 2 is 1.78 bits per heavy atom. The van der Waals surface area contributed by atoms with Crippen molar-refractivity contribution in [3.63, 3.8) is 0 Å². The number of thioether (sulfide) groups is 1. The molecule has 1 amide bonds. The highest BCUT2D eigenvalue weighted by atomic mass is 35.5. The number of ketones is 1. The lowest BCUT2D eigenvalue weighted by Gasteiger charge is -2.08. The summed E-state index contributed by atoms with van der Waals surface area (Å²) >= 11 is 13.2. The minimum atomic E-state index is -0.512. The average molecular weight is 426 g/mol. The number of benzene rings is 2. The van der Waals surface area contributed by atoms with Crippen LogP contribution in [-0.2, 0) is 14.3 Å². The molecular weight excluding hydrogens is 409 g/mol. The van der Waals surface area contributed by atoms with E-state index in [0.717, 1.165) is 4.90 Å². The van der Waals surface area contributed by atoms with Crippen LogP contribution in [0.4, 0.5) is 5.69 Å². The van der Waals surface area contributed by atoms with Gasteiger partial charge in [0.2, 0.25) is 0 Å². The van der Waals surface area contributed by atoms with Crippen LogP contribution in [0.2, 0.25) is 10.0 Å². The Hall–Kier alpha value is -2.02. The van der Waals surface area contributed by atoms with E-state index in [1.807, 2.05) is 0 Å². The fourth-order valence-corrected chi connectivity index (χ4v) is 3.35. The molecule has 0 bridgehead atoms. The van der Waals surface area contributed by atoms with Crippen molar-refractivity contribution < 1.29 is 19.1 Å². The van der Waals surface area contributed by atoms with Crippen LogP contribution in [-0.4, -0.2) is 30.0 Å². The van der Waals surface area contributed by atoms with E-state index in [4.69, 9.17) is 27.9 Å². The summed E-state index contributed by atoms with van der Waals surface area (Å²) in [4.78, 5) is 36.1. The molecule has 0 aromatic heterocycles. The SMILES string of the molecule is CCOC(=O)CC(=O)CSc1ccc(NC(=O)c2ccc(Cl)cc2Cl)cc1. The third kappa shape index (κ3) is 6.90. The van der Waals surface area contributed by atoms with E-state index in [9.17, 15) is 14.4 Å². The van der Waals surface area contributed by atoms with Gasteiger partial charge in [-0.3, -0.25) is 14.4 Å². The molecular formula is C19H17Cl2NO4S. The normalized spacial score (nSPS) is 10.3. The molecule has 0 aliphatic carbocycles. The first kappa shape index (κ1) is 21.3. The molecule has 0 saturated carbocycles. The van der Waals surface area contributed by atoms with Crippen molar-refractivity contribution in [2.45, 2.75) is 18.2 Å². The molecule has 0 unspecified atom stereocenters. The number of halogens is 2. The molecule has 0 spiro atoms. The van der Waals surface area contributed by atoms with Gasteiger partial charge in [-0.1, -0.05) is 23.2 Å². The van der Waals surface area contributed by atoms with Gasteiger partial charge in [-0.25, -0.2) is 0 Å². The number of rotatable bonds is 8. The van der Waals surface area contributed by atoms with Gasteiger partial charge in [0.1, 0.15) is 6.42 Å².